The highest BCUT2D eigenvalue weighted by atomic mass is 35.5. The van der Waals surface area contributed by atoms with Gasteiger partial charge >= 0.3 is 5.97 Å². The van der Waals surface area contributed by atoms with E-state index in [2.05, 4.69) is 0 Å². The molecule has 1 aromatic carbocycles. The topological polar surface area (TPSA) is 72.5 Å². The van der Waals surface area contributed by atoms with E-state index >= 15 is 0 Å². The number of ether oxygens (including phenoxy) is 1. The maximum absolute atomic E-state index is 11.4. The Morgan fingerprint density at radius 2 is 2.20 bits per heavy atom. The predicted molar refractivity (Wildman–Crippen MR) is 58.5 cm³/mol. The minimum Gasteiger partial charge on any atom is -0.507 e. The van der Waals surface area contributed by atoms with Gasteiger partial charge in [-0.25, -0.2) is 4.79 Å². The van der Waals surface area contributed by atoms with Crippen molar-refractivity contribution in [1.82, 2.24) is 0 Å². The molecule has 0 atom stereocenters. The Hall–Kier alpha value is -1.13. The summed E-state index contributed by atoms with van der Waals surface area (Å²) >= 11 is 11.4. The highest BCUT2D eigenvalue weighted by Crippen LogP contribution is 2.37. The van der Waals surface area contributed by atoms with Crippen molar-refractivity contribution in [1.29, 1.82) is 0 Å². The van der Waals surface area contributed by atoms with Gasteiger partial charge in [-0.2, -0.15) is 0 Å². The van der Waals surface area contributed by atoms with Crippen LogP contribution in [0.15, 0.2) is 6.07 Å². The molecule has 3 N–H and O–H groups in total. The average molecular weight is 250 g/mol. The van der Waals surface area contributed by atoms with E-state index < -0.39 is 5.97 Å². The lowest BCUT2D eigenvalue weighted by molar-refractivity contribution is 0.0523. The van der Waals surface area contributed by atoms with Crippen LogP contribution in [0.3, 0.4) is 0 Å². The normalized spacial score (nSPS) is 10.1. The van der Waals surface area contributed by atoms with Crippen molar-refractivity contribution in [3.05, 3.63) is 21.7 Å². The molecule has 0 aromatic heterocycles. The number of halogens is 2. The fraction of sp³-hybridized carbons (Fsp3) is 0.222. The zero-order chi connectivity index (χ0) is 11.6. The van der Waals surface area contributed by atoms with Crippen LogP contribution in [0, 0.1) is 0 Å². The summed E-state index contributed by atoms with van der Waals surface area (Å²) in [4.78, 5) is 11.4. The van der Waals surface area contributed by atoms with Crippen LogP contribution >= 0.6 is 23.2 Å². The van der Waals surface area contributed by atoms with Gasteiger partial charge in [-0.05, 0) is 6.92 Å². The van der Waals surface area contributed by atoms with Gasteiger partial charge in [0, 0.05) is 6.07 Å². The molecule has 0 fully saturated rings. The number of anilines is 1. The summed E-state index contributed by atoms with van der Waals surface area (Å²) < 4.78 is 4.70. The second kappa shape index (κ2) is 4.59. The van der Waals surface area contributed by atoms with Crippen molar-refractivity contribution in [3.8, 4) is 5.75 Å². The highest BCUT2D eigenvalue weighted by Gasteiger charge is 2.20. The Morgan fingerprint density at radius 3 is 2.73 bits per heavy atom. The Morgan fingerprint density at radius 1 is 1.60 bits per heavy atom. The molecule has 0 heterocycles. The number of benzene rings is 1. The summed E-state index contributed by atoms with van der Waals surface area (Å²) in [7, 11) is 0. The maximum Gasteiger partial charge on any atom is 0.343 e. The van der Waals surface area contributed by atoms with E-state index in [0.29, 0.717) is 0 Å². The second-order valence-corrected chi connectivity index (χ2v) is 3.49. The minimum atomic E-state index is -0.733. The number of phenolic OH excluding ortho intramolecular Hbond substituents is 1. The number of carbonyl (C=O) groups excluding carboxylic acids is 1. The van der Waals surface area contributed by atoms with Crippen molar-refractivity contribution >= 4 is 34.9 Å². The molecule has 0 aliphatic carbocycles. The number of carbonyl (C=O) groups is 1. The Balaban J connectivity index is 3.29. The van der Waals surface area contributed by atoms with Gasteiger partial charge in [-0.3, -0.25) is 0 Å². The first-order chi connectivity index (χ1) is 6.99. The van der Waals surface area contributed by atoms with Crippen LogP contribution in [0.25, 0.3) is 0 Å². The van der Waals surface area contributed by atoms with Gasteiger partial charge in [-0.1, -0.05) is 23.2 Å². The summed E-state index contributed by atoms with van der Waals surface area (Å²) in [6.07, 6.45) is 0. The zero-order valence-corrected chi connectivity index (χ0v) is 9.39. The van der Waals surface area contributed by atoms with Gasteiger partial charge in [-0.15, -0.1) is 0 Å². The lowest BCUT2D eigenvalue weighted by Crippen LogP contribution is -2.07. The fourth-order valence-corrected chi connectivity index (χ4v) is 1.54. The lowest BCUT2D eigenvalue weighted by atomic mass is 10.2. The van der Waals surface area contributed by atoms with E-state index in [1.165, 1.54) is 0 Å². The molecule has 0 aliphatic rings. The third kappa shape index (κ3) is 2.27. The van der Waals surface area contributed by atoms with Crippen LogP contribution in [-0.4, -0.2) is 17.7 Å². The molecule has 0 spiro atoms. The molecule has 0 unspecified atom stereocenters. The molecule has 15 heavy (non-hydrogen) atoms. The van der Waals surface area contributed by atoms with E-state index in [1.54, 1.807) is 6.92 Å². The average Bonchev–Trinajstić information content (AvgIpc) is 2.15. The van der Waals surface area contributed by atoms with Crippen LogP contribution in [0.2, 0.25) is 10.0 Å². The molecule has 0 saturated heterocycles. The third-order valence-corrected chi connectivity index (χ3v) is 2.42. The lowest BCUT2D eigenvalue weighted by Gasteiger charge is -2.09. The highest BCUT2D eigenvalue weighted by molar-refractivity contribution is 6.41. The van der Waals surface area contributed by atoms with E-state index in [-0.39, 0.29) is 33.7 Å². The first-order valence-corrected chi connectivity index (χ1v) is 4.88. The van der Waals surface area contributed by atoms with E-state index in [0.717, 1.165) is 6.07 Å². The number of rotatable bonds is 2. The molecule has 0 bridgehead atoms. The molecule has 0 amide bonds. The predicted octanol–water partition coefficient (Wildman–Crippen LogP) is 2.46. The largest absolute Gasteiger partial charge is 0.507 e. The number of phenols is 1. The molecule has 0 aliphatic heterocycles. The van der Waals surface area contributed by atoms with Crippen LogP contribution in [0.5, 0.6) is 5.75 Å². The van der Waals surface area contributed by atoms with E-state index in [1.807, 2.05) is 0 Å². The summed E-state index contributed by atoms with van der Waals surface area (Å²) in [5, 5.41) is 9.46. The number of hydrogen-bond acceptors (Lipinski definition) is 4. The van der Waals surface area contributed by atoms with E-state index in [9.17, 15) is 9.90 Å². The second-order valence-electron chi connectivity index (χ2n) is 2.70. The van der Waals surface area contributed by atoms with Gasteiger partial charge in [0.15, 0.2) is 0 Å². The molecule has 0 radical (unpaired) electrons. The van der Waals surface area contributed by atoms with Crippen LogP contribution in [-0.2, 0) is 4.74 Å². The number of nitrogens with two attached hydrogens (primary N) is 1. The SMILES string of the molecule is CCOC(=O)c1c(O)cc(Cl)c(N)c1Cl. The minimum absolute atomic E-state index is 0.0409. The molecule has 82 valence electrons. The zero-order valence-electron chi connectivity index (χ0n) is 7.88. The van der Waals surface area contributed by atoms with Crippen molar-refractivity contribution in [2.75, 3.05) is 12.3 Å². The van der Waals surface area contributed by atoms with Crippen molar-refractivity contribution in [2.24, 2.45) is 0 Å². The number of nitrogen functional groups attached to an aromatic ring is 1. The van der Waals surface area contributed by atoms with Crippen molar-refractivity contribution in [3.63, 3.8) is 0 Å². The quantitative estimate of drug-likeness (QED) is 0.480. The van der Waals surface area contributed by atoms with Gasteiger partial charge in [0.1, 0.15) is 11.3 Å². The fourth-order valence-electron chi connectivity index (χ4n) is 1.02. The van der Waals surface area contributed by atoms with E-state index in [4.69, 9.17) is 33.7 Å². The Kier molecular flexibility index (Phi) is 3.66. The standard InChI is InChI=1S/C9H9Cl2NO3/c1-2-15-9(14)6-5(13)3-4(10)8(12)7(6)11/h3,13H,2,12H2,1H3. The summed E-state index contributed by atoms with van der Waals surface area (Å²) in [5.74, 6) is -1.08. The Bertz CT molecular complexity index is 407. The molecular weight excluding hydrogens is 241 g/mol. The van der Waals surface area contributed by atoms with Gasteiger partial charge in [0.05, 0.1) is 22.3 Å². The summed E-state index contributed by atoms with van der Waals surface area (Å²) in [6.45, 7) is 1.82. The van der Waals surface area contributed by atoms with Gasteiger partial charge in [0.2, 0.25) is 0 Å². The summed E-state index contributed by atoms with van der Waals surface area (Å²) in [5.41, 5.74) is 5.38. The summed E-state index contributed by atoms with van der Waals surface area (Å²) in [6, 6.07) is 1.15. The van der Waals surface area contributed by atoms with Crippen LogP contribution in [0.1, 0.15) is 17.3 Å². The number of hydrogen-bond donors (Lipinski definition) is 2. The molecule has 4 nitrogen and oxygen atoms in total. The molecule has 6 heteroatoms. The van der Waals surface area contributed by atoms with Crippen molar-refractivity contribution in [2.45, 2.75) is 6.92 Å². The van der Waals surface area contributed by atoms with Gasteiger partial charge in [0.25, 0.3) is 0 Å². The molecular formula is C9H9Cl2NO3. The van der Waals surface area contributed by atoms with Crippen LogP contribution < -0.4 is 5.73 Å². The number of esters is 1. The third-order valence-electron chi connectivity index (χ3n) is 1.71. The smallest absolute Gasteiger partial charge is 0.343 e. The molecule has 1 aromatic rings. The van der Waals surface area contributed by atoms with Gasteiger partial charge < -0.3 is 15.6 Å². The number of aromatic hydroxyl groups is 1. The van der Waals surface area contributed by atoms with Crippen molar-refractivity contribution < 1.29 is 14.6 Å². The maximum atomic E-state index is 11.4. The first kappa shape index (κ1) is 11.9. The molecule has 0 saturated carbocycles. The monoisotopic (exact) mass is 249 g/mol. The first-order valence-electron chi connectivity index (χ1n) is 4.12. The van der Waals surface area contributed by atoms with Crippen LogP contribution in [0.4, 0.5) is 5.69 Å². The molecule has 1 rings (SSSR count). The Labute approximate surface area is 96.5 Å².